The van der Waals surface area contributed by atoms with E-state index in [0.29, 0.717) is 28.1 Å². The predicted octanol–water partition coefficient (Wildman–Crippen LogP) is 6.84. The van der Waals surface area contributed by atoms with Gasteiger partial charge in [0.1, 0.15) is 0 Å². The van der Waals surface area contributed by atoms with Crippen LogP contribution in [0.25, 0.3) is 0 Å². The molecule has 1 atom stereocenters. The monoisotopic (exact) mass is 442 g/mol. The quantitative estimate of drug-likeness (QED) is 0.393. The zero-order valence-electron chi connectivity index (χ0n) is 17.9. The summed E-state index contributed by atoms with van der Waals surface area (Å²) < 4.78 is 2.20. The molecule has 0 spiro atoms. The lowest BCUT2D eigenvalue weighted by molar-refractivity contribution is 0.0623. The Hall–Kier alpha value is -2.23. The third-order valence-corrected chi connectivity index (χ3v) is 6.12. The van der Waals surface area contributed by atoms with E-state index in [1.807, 2.05) is 11.0 Å². The summed E-state index contributed by atoms with van der Waals surface area (Å²) in [6, 6.07) is 17.7. The first kappa shape index (κ1) is 22.5. The number of rotatable bonds is 7. The van der Waals surface area contributed by atoms with Crippen molar-refractivity contribution >= 4 is 29.1 Å². The Morgan fingerprint density at radius 2 is 1.80 bits per heavy atom. The fourth-order valence-electron chi connectivity index (χ4n) is 3.51. The van der Waals surface area contributed by atoms with Gasteiger partial charge in [0.05, 0.1) is 17.1 Å². The zero-order valence-corrected chi connectivity index (χ0v) is 19.4. The van der Waals surface area contributed by atoms with Gasteiger partial charge >= 0.3 is 0 Å². The molecule has 1 heterocycles. The van der Waals surface area contributed by atoms with Gasteiger partial charge < -0.3 is 9.47 Å². The van der Waals surface area contributed by atoms with Gasteiger partial charge in [0.2, 0.25) is 0 Å². The Bertz CT molecular complexity index is 1030. The minimum Gasteiger partial charge on any atom is -0.345 e. The lowest BCUT2D eigenvalue weighted by atomic mass is 10.0. The van der Waals surface area contributed by atoms with Gasteiger partial charge in [-0.05, 0) is 55.7 Å². The molecule has 1 amide bonds. The second-order valence-corrected chi connectivity index (χ2v) is 9.00. The fourth-order valence-corrected chi connectivity index (χ4v) is 4.00. The minimum atomic E-state index is -0.0822. The summed E-state index contributed by atoms with van der Waals surface area (Å²) in [6.45, 7) is 9.71. The molecule has 0 bridgehead atoms. The normalized spacial score (nSPS) is 12.2. The summed E-state index contributed by atoms with van der Waals surface area (Å²) in [6.07, 6.45) is 2.07. The fraction of sp³-hybridized carbons (Fsp3) is 0.320. The van der Waals surface area contributed by atoms with Crippen LogP contribution in [0.5, 0.6) is 0 Å². The van der Waals surface area contributed by atoms with Crippen LogP contribution in [0.2, 0.25) is 10.0 Å². The number of aromatic nitrogens is 1. The van der Waals surface area contributed by atoms with Gasteiger partial charge in [-0.25, -0.2) is 0 Å². The molecule has 0 N–H and O–H groups in total. The predicted molar refractivity (Wildman–Crippen MR) is 125 cm³/mol. The topological polar surface area (TPSA) is 25.2 Å². The van der Waals surface area contributed by atoms with Gasteiger partial charge in [-0.1, -0.05) is 66.9 Å². The molecular weight excluding hydrogens is 415 g/mol. The molecule has 3 aromatic rings. The average molecular weight is 443 g/mol. The number of hydrogen-bond acceptors (Lipinski definition) is 1. The lowest BCUT2D eigenvalue weighted by Gasteiger charge is -2.32. The van der Waals surface area contributed by atoms with Crippen LogP contribution in [0.15, 0.2) is 60.8 Å². The molecule has 2 aromatic carbocycles. The molecule has 0 saturated heterocycles. The lowest BCUT2D eigenvalue weighted by Crippen LogP contribution is -2.41. The molecule has 0 fully saturated rings. The molecule has 0 aliphatic rings. The standard InChI is InChI=1S/C25H28Cl2N2O/c1-17(2)19(4)29(25(30)23-11-10-21(26)14-24(23)27)16-22-9-6-12-28(22)15-20-8-5-7-18(3)13-20/h5-14,17,19H,15-16H2,1-4H3. The average Bonchev–Trinajstić information content (AvgIpc) is 3.11. The van der Waals surface area contributed by atoms with E-state index in [2.05, 4.69) is 68.8 Å². The summed E-state index contributed by atoms with van der Waals surface area (Å²) in [5.41, 5.74) is 4.04. The van der Waals surface area contributed by atoms with E-state index in [1.165, 1.54) is 11.1 Å². The Balaban J connectivity index is 1.90. The first-order valence-corrected chi connectivity index (χ1v) is 11.0. The third kappa shape index (κ3) is 5.27. The van der Waals surface area contributed by atoms with Crippen LogP contribution in [0.1, 0.15) is 48.0 Å². The smallest absolute Gasteiger partial charge is 0.255 e. The molecule has 158 valence electrons. The summed E-state index contributed by atoms with van der Waals surface area (Å²) in [5, 5.41) is 0.899. The van der Waals surface area contributed by atoms with Crippen molar-refractivity contribution in [3.8, 4) is 0 Å². The second-order valence-electron chi connectivity index (χ2n) is 8.16. The maximum atomic E-state index is 13.5. The number of halogens is 2. The van der Waals surface area contributed by atoms with Crippen molar-refractivity contribution in [3.05, 3.63) is 93.2 Å². The number of carbonyl (C=O) groups excluding carboxylic acids is 1. The van der Waals surface area contributed by atoms with Crippen molar-refractivity contribution in [2.24, 2.45) is 5.92 Å². The molecule has 0 radical (unpaired) electrons. The van der Waals surface area contributed by atoms with Crippen LogP contribution >= 0.6 is 23.2 Å². The summed E-state index contributed by atoms with van der Waals surface area (Å²) >= 11 is 12.4. The van der Waals surface area contributed by atoms with Crippen molar-refractivity contribution in [1.82, 2.24) is 9.47 Å². The second kappa shape index (κ2) is 9.72. The summed E-state index contributed by atoms with van der Waals surface area (Å²) in [5.74, 6) is 0.224. The zero-order chi connectivity index (χ0) is 21.8. The number of aryl methyl sites for hydroxylation is 1. The SMILES string of the molecule is Cc1cccc(Cn2cccc2CN(C(=O)c2ccc(Cl)cc2Cl)C(C)C(C)C)c1. The maximum Gasteiger partial charge on any atom is 0.255 e. The molecule has 1 unspecified atom stereocenters. The number of amides is 1. The number of nitrogens with zero attached hydrogens (tertiary/aromatic N) is 2. The van der Waals surface area contributed by atoms with Crippen molar-refractivity contribution < 1.29 is 4.79 Å². The van der Waals surface area contributed by atoms with E-state index >= 15 is 0 Å². The van der Waals surface area contributed by atoms with E-state index in [0.717, 1.165) is 12.2 Å². The van der Waals surface area contributed by atoms with E-state index in [4.69, 9.17) is 23.2 Å². The Labute approximate surface area is 189 Å². The Morgan fingerprint density at radius 3 is 2.47 bits per heavy atom. The van der Waals surface area contributed by atoms with Gasteiger partial charge in [0.25, 0.3) is 5.91 Å². The first-order chi connectivity index (χ1) is 14.3. The highest BCUT2D eigenvalue weighted by molar-refractivity contribution is 6.36. The Kier molecular flexibility index (Phi) is 7.27. The van der Waals surface area contributed by atoms with E-state index in [-0.39, 0.29) is 11.9 Å². The molecule has 1 aromatic heterocycles. The van der Waals surface area contributed by atoms with Gasteiger partial charge in [0.15, 0.2) is 0 Å². The van der Waals surface area contributed by atoms with Crippen LogP contribution in [0.4, 0.5) is 0 Å². The molecule has 3 nitrogen and oxygen atoms in total. The molecule has 0 aliphatic carbocycles. The molecule has 0 saturated carbocycles. The van der Waals surface area contributed by atoms with Crippen LogP contribution < -0.4 is 0 Å². The molecule has 3 rings (SSSR count). The van der Waals surface area contributed by atoms with Crippen molar-refractivity contribution in [2.45, 2.75) is 46.8 Å². The van der Waals surface area contributed by atoms with Gasteiger partial charge in [0, 0.05) is 29.5 Å². The van der Waals surface area contributed by atoms with Gasteiger partial charge in [-0.15, -0.1) is 0 Å². The third-order valence-electron chi connectivity index (χ3n) is 5.57. The summed E-state index contributed by atoms with van der Waals surface area (Å²) in [7, 11) is 0. The maximum absolute atomic E-state index is 13.5. The van der Waals surface area contributed by atoms with Crippen molar-refractivity contribution in [1.29, 1.82) is 0 Å². The van der Waals surface area contributed by atoms with Crippen LogP contribution in [-0.4, -0.2) is 21.4 Å². The Morgan fingerprint density at radius 1 is 1.03 bits per heavy atom. The van der Waals surface area contributed by atoms with E-state index < -0.39 is 0 Å². The molecule has 30 heavy (non-hydrogen) atoms. The van der Waals surface area contributed by atoms with Crippen molar-refractivity contribution in [2.75, 3.05) is 0 Å². The van der Waals surface area contributed by atoms with Gasteiger partial charge in [-0.3, -0.25) is 4.79 Å². The largest absolute Gasteiger partial charge is 0.345 e. The highest BCUT2D eigenvalue weighted by Crippen LogP contribution is 2.25. The van der Waals surface area contributed by atoms with E-state index in [1.54, 1.807) is 18.2 Å². The highest BCUT2D eigenvalue weighted by Gasteiger charge is 2.26. The minimum absolute atomic E-state index is 0.0477. The molecule has 0 aliphatic heterocycles. The number of benzene rings is 2. The van der Waals surface area contributed by atoms with Crippen LogP contribution in [0.3, 0.4) is 0 Å². The van der Waals surface area contributed by atoms with Crippen LogP contribution in [0, 0.1) is 12.8 Å². The number of hydrogen-bond donors (Lipinski definition) is 0. The molecular formula is C25H28Cl2N2O. The highest BCUT2D eigenvalue weighted by atomic mass is 35.5. The van der Waals surface area contributed by atoms with Crippen LogP contribution in [-0.2, 0) is 13.1 Å². The summed E-state index contributed by atoms with van der Waals surface area (Å²) in [4.78, 5) is 15.4. The number of carbonyl (C=O) groups is 1. The van der Waals surface area contributed by atoms with E-state index in [9.17, 15) is 4.79 Å². The van der Waals surface area contributed by atoms with Crippen molar-refractivity contribution in [3.63, 3.8) is 0 Å². The first-order valence-electron chi connectivity index (χ1n) is 10.2. The molecule has 5 heteroatoms. The van der Waals surface area contributed by atoms with Gasteiger partial charge in [-0.2, -0.15) is 0 Å².